The topological polar surface area (TPSA) is 71.4 Å². The summed E-state index contributed by atoms with van der Waals surface area (Å²) in [5, 5.41) is 18.8. The zero-order valence-electron chi connectivity index (χ0n) is 4.17. The molecule has 37 valence electrons. The molecular weight excluding hydrogens is 160 g/mol. The monoisotopic (exact) mass is 160 g/mol. The normalized spacial score (nSPS) is 0.750. The van der Waals surface area contributed by atoms with Gasteiger partial charge in [-0.1, -0.05) is 0 Å². The maximum atomic E-state index is 6.25. The third-order valence-corrected chi connectivity index (χ3v) is 0. The van der Waals surface area contributed by atoms with Gasteiger partial charge in [0.15, 0.2) is 0 Å². The molecule has 0 aliphatic carbocycles. The van der Waals surface area contributed by atoms with Gasteiger partial charge in [0.25, 0.3) is 0 Å². The third-order valence-electron chi connectivity index (χ3n) is 0. The van der Waals surface area contributed by atoms with Crippen LogP contribution in [0.3, 0.4) is 0 Å². The second-order valence-electron chi connectivity index (χ2n) is 0. The van der Waals surface area contributed by atoms with Gasteiger partial charge in [0, 0.05) is 29.6 Å². The summed E-state index contributed by atoms with van der Waals surface area (Å²) in [5.41, 5.74) is 0. The smallest absolute Gasteiger partial charge is 0.512 e. The second-order valence-corrected chi connectivity index (χ2v) is 0. The molecular formula is C3CoN3Na. The van der Waals surface area contributed by atoms with Gasteiger partial charge in [-0.3, -0.25) is 0 Å². The Morgan fingerprint density at radius 3 is 0.625 bits per heavy atom. The van der Waals surface area contributed by atoms with E-state index in [1.165, 1.54) is 0 Å². The first-order valence-electron chi connectivity index (χ1n) is 0.671. The summed E-state index contributed by atoms with van der Waals surface area (Å²) in [7, 11) is 0. The van der Waals surface area contributed by atoms with Crippen molar-refractivity contribution in [3.05, 3.63) is 19.7 Å². The quantitative estimate of drug-likeness (QED) is 0.367. The molecule has 3 nitrogen and oxygen atoms in total. The van der Waals surface area contributed by atoms with Gasteiger partial charge in [0.05, 0.1) is 0 Å². The molecule has 0 aliphatic heterocycles. The Morgan fingerprint density at radius 1 is 0.625 bits per heavy atom. The molecule has 0 aromatic rings. The van der Waals surface area contributed by atoms with Crippen molar-refractivity contribution in [1.29, 1.82) is 15.8 Å². The first-order valence-corrected chi connectivity index (χ1v) is 0.671. The predicted molar refractivity (Wildman–Crippen MR) is 20.7 cm³/mol. The fourth-order valence-electron chi connectivity index (χ4n) is 0. The van der Waals surface area contributed by atoms with Crippen molar-refractivity contribution in [1.82, 2.24) is 0 Å². The number of hydrogen-bond acceptors (Lipinski definition) is 3. The molecule has 0 rings (SSSR count). The van der Waals surface area contributed by atoms with Crippen LogP contribution in [0.2, 0.25) is 0 Å². The van der Waals surface area contributed by atoms with E-state index < -0.39 is 0 Å². The van der Waals surface area contributed by atoms with Crippen molar-refractivity contribution in [3.63, 3.8) is 0 Å². The van der Waals surface area contributed by atoms with Gasteiger partial charge in [-0.15, -0.1) is 0 Å². The van der Waals surface area contributed by atoms with E-state index in [4.69, 9.17) is 35.5 Å². The maximum Gasteiger partial charge on any atom is 3.00 e. The molecule has 8 heavy (non-hydrogen) atoms. The first-order chi connectivity index (χ1) is 3.00. The van der Waals surface area contributed by atoms with E-state index in [1.807, 2.05) is 0 Å². The molecule has 0 bridgehead atoms. The average molecular weight is 160 g/mol. The van der Waals surface area contributed by atoms with Crippen LogP contribution in [-0.2, 0) is 16.8 Å². The Kier molecular flexibility index (Phi) is 2470000. The molecule has 0 N–H and O–H groups in total. The number of rotatable bonds is 0. The van der Waals surface area contributed by atoms with Gasteiger partial charge in [0.2, 0.25) is 0 Å². The van der Waals surface area contributed by atoms with E-state index in [0.717, 1.165) is 0 Å². The van der Waals surface area contributed by atoms with Gasteiger partial charge < -0.3 is 35.5 Å². The standard InChI is InChI=1S/3CN.Co.Na/c3*1-2;;/q3*-1;+3;. The minimum absolute atomic E-state index is 0. The van der Waals surface area contributed by atoms with Crippen molar-refractivity contribution in [3.8, 4) is 0 Å². The van der Waals surface area contributed by atoms with E-state index in [9.17, 15) is 0 Å². The van der Waals surface area contributed by atoms with Crippen LogP contribution >= 0.6 is 0 Å². The molecule has 0 heterocycles. The van der Waals surface area contributed by atoms with Crippen LogP contribution in [0.15, 0.2) is 0 Å². The predicted octanol–water partition coefficient (Wildman–Crippen LogP) is -0.0942. The summed E-state index contributed by atoms with van der Waals surface area (Å²) in [4.78, 5) is 0. The summed E-state index contributed by atoms with van der Waals surface area (Å²) in [6.07, 6.45) is 0. The second kappa shape index (κ2) is 451000. The third kappa shape index (κ3) is 268000. The summed E-state index contributed by atoms with van der Waals surface area (Å²) in [5.74, 6) is 0. The van der Waals surface area contributed by atoms with Crippen molar-refractivity contribution in [2.45, 2.75) is 0 Å². The van der Waals surface area contributed by atoms with Gasteiger partial charge in [0.1, 0.15) is 0 Å². The van der Waals surface area contributed by atoms with Gasteiger partial charge in [-0.05, 0) is 0 Å². The van der Waals surface area contributed by atoms with E-state index >= 15 is 0 Å². The molecule has 0 fully saturated rings. The van der Waals surface area contributed by atoms with Crippen molar-refractivity contribution < 1.29 is 16.8 Å². The van der Waals surface area contributed by atoms with Crippen molar-refractivity contribution in [2.75, 3.05) is 0 Å². The molecule has 1 radical (unpaired) electrons. The van der Waals surface area contributed by atoms with Gasteiger partial charge >= 0.3 is 16.8 Å². The molecule has 0 atom stereocenters. The van der Waals surface area contributed by atoms with E-state index in [-0.39, 0.29) is 46.3 Å². The van der Waals surface area contributed by atoms with Crippen LogP contribution in [0.5, 0.6) is 0 Å². The van der Waals surface area contributed by atoms with Crippen LogP contribution < -0.4 is 0 Å². The molecule has 0 spiro atoms. The zero-order valence-corrected chi connectivity index (χ0v) is 7.22. The number of hydrogen-bond donors (Lipinski definition) is 0. The van der Waals surface area contributed by atoms with Crippen LogP contribution in [-0.4, -0.2) is 29.6 Å². The van der Waals surface area contributed by atoms with Gasteiger partial charge in [-0.2, -0.15) is 0 Å². The molecule has 5 heteroatoms. The van der Waals surface area contributed by atoms with Crippen LogP contribution in [0.1, 0.15) is 0 Å². The Morgan fingerprint density at radius 2 is 0.625 bits per heavy atom. The maximum absolute atomic E-state index is 6.25. The summed E-state index contributed by atoms with van der Waals surface area (Å²) in [6.45, 7) is 14.2. The molecule has 0 amide bonds. The van der Waals surface area contributed by atoms with Crippen LogP contribution in [0.25, 0.3) is 0 Å². The van der Waals surface area contributed by atoms with E-state index in [1.54, 1.807) is 0 Å². The first kappa shape index (κ1) is 43.8. The summed E-state index contributed by atoms with van der Waals surface area (Å²) < 4.78 is 0. The molecule has 0 saturated heterocycles. The Hall–Kier alpha value is -0.0235. The van der Waals surface area contributed by atoms with Gasteiger partial charge in [-0.25, -0.2) is 0 Å². The Labute approximate surface area is 81.4 Å². The summed E-state index contributed by atoms with van der Waals surface area (Å²) >= 11 is 0. The van der Waals surface area contributed by atoms with E-state index in [2.05, 4.69) is 0 Å². The minimum atomic E-state index is 0. The Balaban J connectivity index is -0.00000000500. The van der Waals surface area contributed by atoms with Crippen LogP contribution in [0, 0.1) is 35.5 Å². The largest absolute Gasteiger partial charge is 3.00 e. The molecule has 0 saturated carbocycles. The number of nitrogens with zero attached hydrogens (tertiary/aromatic N) is 3. The SMILES string of the molecule is [C-]#N.[C-]#N.[C-]#N.[Co+3].[Na]. The summed E-state index contributed by atoms with van der Waals surface area (Å²) in [6, 6.07) is 0. The fourth-order valence-corrected chi connectivity index (χ4v) is 0. The zero-order chi connectivity index (χ0) is 6.00. The van der Waals surface area contributed by atoms with Crippen LogP contribution in [0.4, 0.5) is 0 Å². The molecule has 0 aromatic carbocycles. The van der Waals surface area contributed by atoms with E-state index in [0.29, 0.717) is 0 Å². The fraction of sp³-hybridized carbons (Fsp3) is 0. The molecule has 0 aromatic heterocycles. The molecule has 0 aliphatic rings. The Bertz CT molecular complexity index is 43.0. The van der Waals surface area contributed by atoms with Crippen molar-refractivity contribution >= 4 is 29.6 Å². The molecule has 0 unspecified atom stereocenters. The minimum Gasteiger partial charge on any atom is -0.512 e. The van der Waals surface area contributed by atoms with Crippen molar-refractivity contribution in [2.24, 2.45) is 0 Å². The average Bonchev–Trinajstić information content (AvgIpc) is 1.81.